The van der Waals surface area contributed by atoms with Gasteiger partial charge in [-0.15, -0.1) is 0 Å². The van der Waals surface area contributed by atoms with E-state index in [1.165, 1.54) is 210 Å². The summed E-state index contributed by atoms with van der Waals surface area (Å²) < 4.78 is 1.50. The molecule has 0 N–H and O–H groups in total. The molecule has 1 fully saturated rings. The van der Waals surface area contributed by atoms with Gasteiger partial charge in [0.2, 0.25) is 0 Å². The molecule has 0 unspecified atom stereocenters. The lowest BCUT2D eigenvalue weighted by Crippen LogP contribution is -2.46. The van der Waals surface area contributed by atoms with E-state index in [9.17, 15) is 0 Å². The molecule has 0 amide bonds. The van der Waals surface area contributed by atoms with Crippen molar-refractivity contribution in [2.75, 3.05) is 26.2 Å². The van der Waals surface area contributed by atoms with E-state index in [0.29, 0.717) is 0 Å². The van der Waals surface area contributed by atoms with Crippen LogP contribution in [0.15, 0.2) is 0 Å². The number of likely N-dealkylation sites (tertiary alicyclic amines) is 1. The van der Waals surface area contributed by atoms with Crippen LogP contribution in [0, 0.1) is 0 Å². The van der Waals surface area contributed by atoms with Crippen LogP contribution in [-0.4, -0.2) is 30.7 Å². The number of hydrogen-bond acceptors (Lipinski definition) is 0. The second-order valence-electron chi connectivity index (χ2n) is 12.4. The van der Waals surface area contributed by atoms with Gasteiger partial charge < -0.3 is 4.48 Å². The molecule has 0 aromatic heterocycles. The van der Waals surface area contributed by atoms with Crippen LogP contribution in [0.25, 0.3) is 0 Å². The first kappa shape index (κ1) is 33.0. The van der Waals surface area contributed by atoms with Crippen LogP contribution < -0.4 is 0 Å². The molecule has 1 aliphatic rings. The van der Waals surface area contributed by atoms with Crippen molar-refractivity contribution < 1.29 is 4.48 Å². The molecular weight excluding hydrogens is 422 g/mol. The predicted octanol–water partition coefficient (Wildman–Crippen LogP) is 11.8. The predicted molar refractivity (Wildman–Crippen MR) is 160 cm³/mol. The van der Waals surface area contributed by atoms with Gasteiger partial charge in [-0.2, -0.15) is 0 Å². The van der Waals surface area contributed by atoms with E-state index in [-0.39, 0.29) is 0 Å². The van der Waals surface area contributed by atoms with E-state index in [1.54, 1.807) is 0 Å². The summed E-state index contributed by atoms with van der Waals surface area (Å²) in [5, 5.41) is 0. The van der Waals surface area contributed by atoms with Crippen LogP contribution in [-0.2, 0) is 0 Å². The fourth-order valence-corrected chi connectivity index (χ4v) is 6.50. The van der Waals surface area contributed by atoms with Crippen molar-refractivity contribution in [3.05, 3.63) is 0 Å². The highest BCUT2D eigenvalue weighted by atomic mass is 15.4. The van der Waals surface area contributed by atoms with Gasteiger partial charge >= 0.3 is 0 Å². The minimum atomic E-state index is 1.37. The van der Waals surface area contributed by atoms with Crippen LogP contribution in [0.4, 0.5) is 0 Å². The van der Waals surface area contributed by atoms with Crippen molar-refractivity contribution in [1.82, 2.24) is 0 Å². The normalized spacial score (nSPS) is 15.3. The fraction of sp³-hybridized carbons (Fsp3) is 1.00. The Balaban J connectivity index is 1.89. The highest BCUT2D eigenvalue weighted by molar-refractivity contribution is 4.58. The monoisotopic (exact) mass is 493 g/mol. The maximum atomic E-state index is 2.31. The smallest absolute Gasteiger partial charge is 0.0788 e. The molecule has 0 aromatic carbocycles. The Bertz CT molecular complexity index is 397. The highest BCUT2D eigenvalue weighted by Gasteiger charge is 2.30. The lowest BCUT2D eigenvalue weighted by atomic mass is 10.0. The van der Waals surface area contributed by atoms with Gasteiger partial charge in [0.05, 0.1) is 26.2 Å². The number of rotatable bonds is 28. The third-order valence-corrected chi connectivity index (χ3v) is 8.99. The summed E-state index contributed by atoms with van der Waals surface area (Å²) in [5.74, 6) is 0. The first-order valence-corrected chi connectivity index (χ1v) is 17.2. The van der Waals surface area contributed by atoms with Gasteiger partial charge in [0, 0.05) is 12.8 Å². The van der Waals surface area contributed by atoms with Crippen LogP contribution in [0.2, 0.25) is 0 Å². The molecule has 0 bridgehead atoms. The van der Waals surface area contributed by atoms with Gasteiger partial charge in [0.25, 0.3) is 0 Å². The number of unbranched alkanes of at least 4 members (excludes halogenated alkanes) is 24. The summed E-state index contributed by atoms with van der Waals surface area (Å²) >= 11 is 0. The molecule has 1 saturated heterocycles. The molecule has 35 heavy (non-hydrogen) atoms. The summed E-state index contributed by atoms with van der Waals surface area (Å²) in [5.41, 5.74) is 0. The summed E-state index contributed by atoms with van der Waals surface area (Å²) in [6.07, 6.45) is 41.4. The zero-order valence-corrected chi connectivity index (χ0v) is 25.1. The Kier molecular flexibility index (Phi) is 24.1. The van der Waals surface area contributed by atoms with Crippen molar-refractivity contribution >= 4 is 0 Å². The average molecular weight is 493 g/mol. The summed E-state index contributed by atoms with van der Waals surface area (Å²) in [6, 6.07) is 0. The standard InChI is InChI=1S/C34H70N/c1-3-5-7-9-11-13-15-17-18-20-22-24-26-28-32-35(33-29-30-34-35)31-27-25-23-21-19-16-14-12-10-8-6-4-2/h3-34H2,1-2H3/q+1. The van der Waals surface area contributed by atoms with Crippen LogP contribution >= 0.6 is 0 Å². The maximum absolute atomic E-state index is 2.31. The number of quaternary nitrogens is 1. The zero-order chi connectivity index (χ0) is 25.1. The highest BCUT2D eigenvalue weighted by Crippen LogP contribution is 2.23. The Morgan fingerprint density at radius 2 is 0.543 bits per heavy atom. The third-order valence-electron chi connectivity index (χ3n) is 8.99. The van der Waals surface area contributed by atoms with Crippen molar-refractivity contribution in [1.29, 1.82) is 0 Å². The Morgan fingerprint density at radius 1 is 0.314 bits per heavy atom. The zero-order valence-electron chi connectivity index (χ0n) is 25.1. The van der Waals surface area contributed by atoms with Crippen LogP contribution in [0.3, 0.4) is 0 Å². The molecule has 1 nitrogen and oxygen atoms in total. The molecule has 210 valence electrons. The quantitative estimate of drug-likeness (QED) is 0.0752. The van der Waals surface area contributed by atoms with Crippen molar-refractivity contribution in [2.24, 2.45) is 0 Å². The van der Waals surface area contributed by atoms with Gasteiger partial charge in [-0.05, 0) is 25.7 Å². The first-order chi connectivity index (χ1) is 17.3. The first-order valence-electron chi connectivity index (χ1n) is 17.2. The topological polar surface area (TPSA) is 0 Å². The van der Waals surface area contributed by atoms with Crippen LogP contribution in [0.5, 0.6) is 0 Å². The molecular formula is C34H70N+. The summed E-state index contributed by atoms with van der Waals surface area (Å²) in [7, 11) is 0. The minimum absolute atomic E-state index is 1.37. The molecule has 0 aromatic rings. The van der Waals surface area contributed by atoms with Crippen molar-refractivity contribution in [3.63, 3.8) is 0 Å². The molecule has 0 aliphatic carbocycles. The van der Waals surface area contributed by atoms with E-state index in [0.717, 1.165) is 0 Å². The van der Waals surface area contributed by atoms with Crippen molar-refractivity contribution in [2.45, 2.75) is 194 Å². The molecule has 1 heteroatoms. The molecule has 1 heterocycles. The second kappa shape index (κ2) is 25.6. The van der Waals surface area contributed by atoms with E-state index in [2.05, 4.69) is 13.8 Å². The Morgan fingerprint density at radius 3 is 0.800 bits per heavy atom. The van der Waals surface area contributed by atoms with Gasteiger partial charge in [0.1, 0.15) is 0 Å². The van der Waals surface area contributed by atoms with E-state index >= 15 is 0 Å². The van der Waals surface area contributed by atoms with Gasteiger partial charge in [0.15, 0.2) is 0 Å². The molecule has 1 aliphatic heterocycles. The van der Waals surface area contributed by atoms with Gasteiger partial charge in [-0.3, -0.25) is 0 Å². The lowest BCUT2D eigenvalue weighted by Gasteiger charge is -2.34. The molecule has 0 saturated carbocycles. The number of hydrogen-bond donors (Lipinski definition) is 0. The molecule has 0 atom stereocenters. The Hall–Kier alpha value is -0.0400. The molecule has 0 radical (unpaired) electrons. The SMILES string of the molecule is CCCCCCCCCCCCCCCC[N+]1(CCCCCCCCCCCCCC)CCCC1. The van der Waals surface area contributed by atoms with E-state index < -0.39 is 0 Å². The van der Waals surface area contributed by atoms with Crippen molar-refractivity contribution in [3.8, 4) is 0 Å². The summed E-state index contributed by atoms with van der Waals surface area (Å²) in [6.45, 7) is 10.6. The summed E-state index contributed by atoms with van der Waals surface area (Å²) in [4.78, 5) is 0. The Labute approximate surface area is 224 Å². The molecule has 1 rings (SSSR count). The van der Waals surface area contributed by atoms with E-state index in [1.807, 2.05) is 0 Å². The van der Waals surface area contributed by atoms with Gasteiger partial charge in [-0.1, -0.05) is 155 Å². The minimum Gasteiger partial charge on any atom is -0.324 e. The average Bonchev–Trinajstić information content (AvgIpc) is 3.34. The fourth-order valence-electron chi connectivity index (χ4n) is 6.50. The third kappa shape index (κ3) is 20.7. The second-order valence-corrected chi connectivity index (χ2v) is 12.4. The lowest BCUT2D eigenvalue weighted by molar-refractivity contribution is -0.917. The largest absolute Gasteiger partial charge is 0.324 e. The van der Waals surface area contributed by atoms with Crippen LogP contribution in [0.1, 0.15) is 194 Å². The van der Waals surface area contributed by atoms with Gasteiger partial charge in [-0.25, -0.2) is 0 Å². The number of nitrogens with zero attached hydrogens (tertiary/aromatic N) is 1. The molecule has 0 spiro atoms. The maximum Gasteiger partial charge on any atom is 0.0788 e. The van der Waals surface area contributed by atoms with E-state index in [4.69, 9.17) is 0 Å².